The van der Waals surface area contributed by atoms with Crippen molar-refractivity contribution in [2.45, 2.75) is 39.2 Å². The van der Waals surface area contributed by atoms with Crippen molar-refractivity contribution in [3.05, 3.63) is 42.7 Å². The summed E-state index contributed by atoms with van der Waals surface area (Å²) in [6.07, 6.45) is 13.1. The highest BCUT2D eigenvalue weighted by molar-refractivity contribution is 6.07. The van der Waals surface area contributed by atoms with Crippen LogP contribution in [0.15, 0.2) is 37.1 Å². The van der Waals surface area contributed by atoms with E-state index in [1.165, 1.54) is 6.21 Å². The molecule has 3 N–H and O–H groups in total. The number of hydrogen-bond donors (Lipinski definition) is 3. The minimum atomic E-state index is 0.128. The van der Waals surface area contributed by atoms with Gasteiger partial charge in [0.25, 0.3) is 0 Å². The average molecular weight is 381 g/mol. The second-order valence-electron chi connectivity index (χ2n) is 6.59. The predicted octanol–water partition coefficient (Wildman–Crippen LogP) is 2.92. The van der Waals surface area contributed by atoms with Gasteiger partial charge in [0.05, 0.1) is 41.5 Å². The molecule has 0 unspecified atom stereocenters. The van der Waals surface area contributed by atoms with E-state index >= 15 is 0 Å². The van der Waals surface area contributed by atoms with Gasteiger partial charge in [0.15, 0.2) is 0 Å². The zero-order valence-corrected chi connectivity index (χ0v) is 16.3. The van der Waals surface area contributed by atoms with E-state index in [1.807, 2.05) is 29.3 Å². The van der Waals surface area contributed by atoms with Gasteiger partial charge in [-0.3, -0.25) is 4.68 Å². The van der Waals surface area contributed by atoms with Gasteiger partial charge in [0.1, 0.15) is 0 Å². The molecule has 28 heavy (non-hydrogen) atoms. The number of fused-ring (bicyclic) bond motifs is 1. The van der Waals surface area contributed by atoms with Gasteiger partial charge in [-0.1, -0.05) is 13.8 Å². The highest BCUT2D eigenvalue weighted by Gasteiger charge is 2.15. The van der Waals surface area contributed by atoms with Crippen LogP contribution in [-0.2, 0) is 0 Å². The Morgan fingerprint density at radius 1 is 1.29 bits per heavy atom. The summed E-state index contributed by atoms with van der Waals surface area (Å²) in [5, 5.41) is 28.7. The topological polar surface area (TPSA) is 104 Å². The highest BCUT2D eigenvalue weighted by Crippen LogP contribution is 2.26. The van der Waals surface area contributed by atoms with Gasteiger partial charge < -0.3 is 15.8 Å². The zero-order valence-electron chi connectivity index (χ0n) is 16.3. The van der Waals surface area contributed by atoms with Gasteiger partial charge in [-0.25, -0.2) is 9.50 Å². The largest absolute Gasteiger partial charge is 0.396 e. The van der Waals surface area contributed by atoms with Crippen LogP contribution in [0.25, 0.3) is 22.3 Å². The molecule has 3 rings (SSSR count). The second kappa shape index (κ2) is 9.27. The van der Waals surface area contributed by atoms with Gasteiger partial charge in [-0.15, -0.1) is 0 Å². The fourth-order valence-electron chi connectivity index (χ4n) is 3.15. The van der Waals surface area contributed by atoms with Gasteiger partial charge in [-0.2, -0.15) is 10.2 Å². The van der Waals surface area contributed by atoms with E-state index in [2.05, 4.69) is 29.4 Å². The molecule has 0 saturated heterocycles. The summed E-state index contributed by atoms with van der Waals surface area (Å²) in [7, 11) is 0. The lowest BCUT2D eigenvalue weighted by atomic mass is 10.1. The molecule has 0 aromatic carbocycles. The van der Waals surface area contributed by atoms with Crippen LogP contribution < -0.4 is 5.32 Å². The van der Waals surface area contributed by atoms with Crippen LogP contribution in [0, 0.1) is 5.41 Å². The minimum absolute atomic E-state index is 0.128. The molecule has 0 atom stereocenters. The lowest BCUT2D eigenvalue weighted by Crippen LogP contribution is -2.10. The third kappa shape index (κ3) is 4.12. The summed E-state index contributed by atoms with van der Waals surface area (Å²) in [5.41, 5.74) is 3.90. The van der Waals surface area contributed by atoms with Crippen LogP contribution in [0.1, 0.15) is 44.8 Å². The Morgan fingerprint density at radius 2 is 2.11 bits per heavy atom. The van der Waals surface area contributed by atoms with Gasteiger partial charge in [0.2, 0.25) is 0 Å². The summed E-state index contributed by atoms with van der Waals surface area (Å²) in [6, 6.07) is 2.29. The van der Waals surface area contributed by atoms with Crippen molar-refractivity contribution in [2.24, 2.45) is 0 Å². The predicted molar refractivity (Wildman–Crippen MR) is 110 cm³/mol. The normalized spacial score (nSPS) is 12.1. The molecule has 3 aromatic heterocycles. The van der Waals surface area contributed by atoms with Crippen molar-refractivity contribution in [3.8, 4) is 11.3 Å². The van der Waals surface area contributed by atoms with E-state index in [0.29, 0.717) is 30.3 Å². The van der Waals surface area contributed by atoms with Crippen LogP contribution in [0.5, 0.6) is 0 Å². The van der Waals surface area contributed by atoms with Crippen molar-refractivity contribution in [3.63, 3.8) is 0 Å². The SMILES string of the molecule is CCC(CC)n1cc(-c2nc(/C(C=N)=C/NCCCO)cn3nccc23)cn1. The lowest BCUT2D eigenvalue weighted by Gasteiger charge is -2.12. The minimum Gasteiger partial charge on any atom is -0.396 e. The van der Waals surface area contributed by atoms with Crippen molar-refractivity contribution < 1.29 is 5.11 Å². The number of aliphatic hydroxyl groups excluding tert-OH is 1. The smallest absolute Gasteiger partial charge is 0.0999 e. The molecule has 0 bridgehead atoms. The molecule has 0 aliphatic heterocycles. The fourth-order valence-corrected chi connectivity index (χ4v) is 3.15. The van der Waals surface area contributed by atoms with Crippen LogP contribution in [0.3, 0.4) is 0 Å². The molecular formula is C20H27N7O. The van der Waals surface area contributed by atoms with Crippen LogP contribution in [0.2, 0.25) is 0 Å². The summed E-state index contributed by atoms with van der Waals surface area (Å²) >= 11 is 0. The lowest BCUT2D eigenvalue weighted by molar-refractivity contribution is 0.288. The molecule has 0 saturated carbocycles. The Hall–Kier alpha value is -3.00. The van der Waals surface area contributed by atoms with Crippen LogP contribution >= 0.6 is 0 Å². The third-order valence-electron chi connectivity index (χ3n) is 4.77. The number of aliphatic hydroxyl groups is 1. The number of allylic oxidation sites excluding steroid dienone is 1. The molecule has 0 amide bonds. The Balaban J connectivity index is 2.01. The Kier molecular flexibility index (Phi) is 6.54. The van der Waals surface area contributed by atoms with Crippen molar-refractivity contribution >= 4 is 17.3 Å². The molecule has 8 nitrogen and oxygen atoms in total. The molecule has 3 aromatic rings. The molecule has 0 radical (unpaired) electrons. The summed E-state index contributed by atoms with van der Waals surface area (Å²) in [4.78, 5) is 4.81. The highest BCUT2D eigenvalue weighted by atomic mass is 16.3. The third-order valence-corrected chi connectivity index (χ3v) is 4.77. The van der Waals surface area contributed by atoms with Gasteiger partial charge in [0, 0.05) is 42.9 Å². The van der Waals surface area contributed by atoms with E-state index in [4.69, 9.17) is 15.5 Å². The van der Waals surface area contributed by atoms with Crippen molar-refractivity contribution in [2.75, 3.05) is 13.2 Å². The van der Waals surface area contributed by atoms with Crippen LogP contribution in [0.4, 0.5) is 0 Å². The average Bonchev–Trinajstić information content (AvgIpc) is 3.38. The number of hydrogen-bond acceptors (Lipinski definition) is 6. The number of rotatable bonds is 10. The quantitative estimate of drug-likeness (QED) is 0.370. The first-order chi connectivity index (χ1) is 13.7. The molecule has 0 fully saturated rings. The van der Waals surface area contributed by atoms with Gasteiger partial charge in [-0.05, 0) is 25.3 Å². The standard InChI is InChI=1S/C20H27N7O/c1-3-17(4-2)26-13-16(12-24-26)20-19-6-8-23-27(19)14-18(25-20)15(10-21)11-22-7-5-9-28/h6,8,10-14,17,21-22,28H,3-5,7,9H2,1-2H3/b15-11+,21-10?. The molecular weight excluding hydrogens is 354 g/mol. The summed E-state index contributed by atoms with van der Waals surface area (Å²) in [5.74, 6) is 0. The Labute approximate surface area is 164 Å². The maximum Gasteiger partial charge on any atom is 0.0999 e. The monoisotopic (exact) mass is 381 g/mol. The molecule has 8 heteroatoms. The fraction of sp³-hybridized carbons (Fsp3) is 0.400. The van der Waals surface area contributed by atoms with Crippen LogP contribution in [-0.4, -0.2) is 48.9 Å². The summed E-state index contributed by atoms with van der Waals surface area (Å²) in [6.45, 7) is 5.08. The molecule has 0 aliphatic rings. The summed E-state index contributed by atoms with van der Waals surface area (Å²) < 4.78 is 3.78. The van der Waals surface area contributed by atoms with E-state index in [0.717, 1.165) is 29.6 Å². The second-order valence-corrected chi connectivity index (χ2v) is 6.59. The molecule has 148 valence electrons. The number of aromatic nitrogens is 5. The van der Waals surface area contributed by atoms with E-state index < -0.39 is 0 Å². The van der Waals surface area contributed by atoms with E-state index in [-0.39, 0.29) is 6.61 Å². The first-order valence-corrected chi connectivity index (χ1v) is 9.66. The first kappa shape index (κ1) is 19.8. The van der Waals surface area contributed by atoms with E-state index in [9.17, 15) is 0 Å². The maximum atomic E-state index is 8.90. The van der Waals surface area contributed by atoms with Gasteiger partial charge >= 0.3 is 0 Å². The number of nitrogens with one attached hydrogen (secondary N) is 2. The zero-order chi connectivity index (χ0) is 19.9. The molecule has 0 spiro atoms. The number of nitrogens with zero attached hydrogens (tertiary/aromatic N) is 5. The maximum absolute atomic E-state index is 8.90. The Bertz CT molecular complexity index is 953. The van der Waals surface area contributed by atoms with Crippen molar-refractivity contribution in [1.29, 1.82) is 5.41 Å². The first-order valence-electron chi connectivity index (χ1n) is 9.66. The molecule has 0 aliphatic carbocycles. The Morgan fingerprint density at radius 3 is 2.82 bits per heavy atom. The molecule has 3 heterocycles. The van der Waals surface area contributed by atoms with E-state index in [1.54, 1.807) is 16.9 Å². The van der Waals surface area contributed by atoms with Crippen molar-refractivity contribution in [1.82, 2.24) is 29.7 Å².